The number of phenols is 1. The van der Waals surface area contributed by atoms with E-state index < -0.39 is 89.9 Å². The van der Waals surface area contributed by atoms with Gasteiger partial charge in [-0.3, -0.25) is 4.72 Å². The van der Waals surface area contributed by atoms with E-state index in [2.05, 4.69) is 70.9 Å². The number of nitrogens with zero attached hydrogens (tertiary/aromatic N) is 5. The van der Waals surface area contributed by atoms with Crippen LogP contribution in [0.15, 0.2) is 65.3 Å². The van der Waals surface area contributed by atoms with Crippen molar-refractivity contribution >= 4 is 57.4 Å². The zero-order chi connectivity index (χ0) is 57.7. The average Bonchev–Trinajstić information content (AvgIpc) is 3.87. The van der Waals surface area contributed by atoms with Gasteiger partial charge in [0.1, 0.15) is 0 Å². The number of aromatic hydroxyl groups is 1. The third-order valence-corrected chi connectivity index (χ3v) is 12.9. The number of halogens is 15. The molecule has 28 heteroatoms. The molecule has 1 aliphatic rings. The number of benzene rings is 3. The number of rotatable bonds is 26. The lowest BCUT2D eigenvalue weighted by Crippen LogP contribution is -2.70. The van der Waals surface area contributed by atoms with E-state index >= 15 is 0 Å². The van der Waals surface area contributed by atoms with Gasteiger partial charge in [0, 0.05) is 12.0 Å². The van der Waals surface area contributed by atoms with Crippen LogP contribution in [0.2, 0.25) is 10.0 Å². The highest BCUT2D eigenvalue weighted by Gasteiger charge is 2.90. The van der Waals surface area contributed by atoms with Gasteiger partial charge in [0.15, 0.2) is 47.3 Å². The van der Waals surface area contributed by atoms with Crippen LogP contribution in [0, 0.1) is 12.0 Å². The number of hydrogen-bond donors (Lipinski definition) is 2. The predicted octanol–water partition coefficient (Wildman–Crippen LogP) is 15.8. The molecule has 0 bridgehead atoms. The molecule has 5 rings (SSSR count). The highest BCUT2D eigenvalue weighted by atomic mass is 35.5. The van der Waals surface area contributed by atoms with Crippen molar-refractivity contribution in [3.05, 3.63) is 93.1 Å². The SMILES string of the molecule is [C-]#[N+]C1=C(OCOCCC(F)(F)C(F)(F)C(F)(F)C(F)(F)C(F)(F)C(F)(F)F)c2nc(-c3cccc(NS(=O)Oc4cc(C(C)(C)CC(C)(C)C)ccc4OCCCCCCCC)c3)nn2C1=Nc1cc(Cl)c(O)c(Cl)c1. The van der Waals surface area contributed by atoms with E-state index in [0.29, 0.717) is 12.4 Å². The number of fused-ring (bicyclic) bond motifs is 1. The fourth-order valence-electron chi connectivity index (χ4n) is 7.95. The molecule has 3 aromatic carbocycles. The molecule has 1 unspecified atom stereocenters. The summed E-state index contributed by atoms with van der Waals surface area (Å²) >= 11 is 9.87. The number of anilines is 1. The Kier molecular flexibility index (Phi) is 19.3. The average molecular weight is 1170 g/mol. The summed E-state index contributed by atoms with van der Waals surface area (Å²) in [6, 6.07) is 13.7. The molecule has 1 atom stereocenters. The molecule has 0 amide bonds. The van der Waals surface area contributed by atoms with E-state index in [-0.39, 0.29) is 55.2 Å². The summed E-state index contributed by atoms with van der Waals surface area (Å²) in [5.41, 5.74) is 0.230. The first kappa shape index (κ1) is 62.3. The first-order valence-electron chi connectivity index (χ1n) is 23.3. The maximum absolute atomic E-state index is 14.5. The summed E-state index contributed by atoms with van der Waals surface area (Å²) < 4.78 is 217. The normalized spacial score (nSPS) is 14.9. The standard InChI is InChI=1S/C49H51Cl2F13N6O6S/c1-8-9-10-11-12-13-20-74-34-18-17-29(43(5,6)26-42(2,3)4)23-35(34)76-77(72)69-30-16-14-15-28(22-30)39-67-41-38(36(65-7)40(70(41)68-39)66-31-24-32(50)37(71)33(51)25-31)75-27-73-21-19-44(52,53)45(54,55)46(56,57)47(58,59)48(60,61)49(62,63)64/h14-18,22-25,69,71H,8-13,19-21,26-27H2,1-6H3. The molecule has 0 fully saturated rings. The van der Waals surface area contributed by atoms with Crippen molar-refractivity contribution in [2.75, 3.05) is 24.7 Å². The van der Waals surface area contributed by atoms with Crippen LogP contribution in [-0.4, -0.2) is 85.7 Å². The monoisotopic (exact) mass is 1170 g/mol. The second-order valence-corrected chi connectivity index (χ2v) is 21.1. The Balaban J connectivity index is 1.40. The molecule has 0 spiro atoms. The van der Waals surface area contributed by atoms with Gasteiger partial charge in [-0.1, -0.05) is 115 Å². The Morgan fingerprint density at radius 3 is 2.01 bits per heavy atom. The zero-order valence-corrected chi connectivity index (χ0v) is 44.1. The smallest absolute Gasteiger partial charge is 0.460 e. The number of unbranched alkanes of at least 4 members (excludes halogenated alkanes) is 5. The van der Waals surface area contributed by atoms with Crippen molar-refractivity contribution in [1.29, 1.82) is 0 Å². The fraction of sp³-hybridized carbons (Fsp3) is 0.510. The van der Waals surface area contributed by atoms with Gasteiger partial charge in [-0.15, -0.1) is 5.10 Å². The first-order valence-corrected chi connectivity index (χ1v) is 25.1. The summed E-state index contributed by atoms with van der Waals surface area (Å²) in [5, 5.41) is 13.9. The zero-order valence-electron chi connectivity index (χ0n) is 41.8. The second-order valence-electron chi connectivity index (χ2n) is 19.5. The number of alkyl halides is 13. The van der Waals surface area contributed by atoms with Crippen LogP contribution in [0.25, 0.3) is 22.0 Å². The summed E-state index contributed by atoms with van der Waals surface area (Å²) in [5.74, 6) is -39.4. The van der Waals surface area contributed by atoms with Crippen LogP contribution in [-0.2, 0) is 26.2 Å². The number of ether oxygens (including phenoxy) is 3. The van der Waals surface area contributed by atoms with Crippen LogP contribution in [0.4, 0.5) is 68.5 Å². The fourth-order valence-corrected chi connectivity index (χ4v) is 9.08. The van der Waals surface area contributed by atoms with Crippen molar-refractivity contribution in [2.45, 2.75) is 134 Å². The van der Waals surface area contributed by atoms with Crippen molar-refractivity contribution < 1.29 is 84.8 Å². The minimum Gasteiger partial charge on any atom is -0.505 e. The summed E-state index contributed by atoms with van der Waals surface area (Å²) in [4.78, 5) is 12.0. The molecular weight excluding hydrogens is 1120 g/mol. The lowest BCUT2D eigenvalue weighted by molar-refractivity contribution is -0.440. The third-order valence-electron chi connectivity index (χ3n) is 11.6. The van der Waals surface area contributed by atoms with Crippen molar-refractivity contribution in [3.8, 4) is 28.6 Å². The third kappa shape index (κ3) is 13.8. The molecule has 424 valence electrons. The van der Waals surface area contributed by atoms with Crippen LogP contribution in [0.5, 0.6) is 17.2 Å². The molecule has 0 aliphatic carbocycles. The van der Waals surface area contributed by atoms with E-state index in [0.717, 1.165) is 67.3 Å². The Morgan fingerprint density at radius 1 is 0.779 bits per heavy atom. The van der Waals surface area contributed by atoms with Crippen LogP contribution in [0.1, 0.15) is 104 Å². The number of aromatic nitrogens is 3. The van der Waals surface area contributed by atoms with Gasteiger partial charge in [-0.05, 0) is 65.6 Å². The van der Waals surface area contributed by atoms with Gasteiger partial charge in [-0.2, -0.15) is 61.3 Å². The molecule has 77 heavy (non-hydrogen) atoms. The number of aliphatic imine (C=N–C) groups is 1. The maximum Gasteiger partial charge on any atom is 0.460 e. The molecule has 2 N–H and O–H groups in total. The van der Waals surface area contributed by atoms with E-state index in [4.69, 9.17) is 43.4 Å². The lowest BCUT2D eigenvalue weighted by atomic mass is 9.72. The Hall–Kier alpha value is -5.52. The Bertz CT molecular complexity index is 2860. The minimum absolute atomic E-state index is 0.0422. The van der Waals surface area contributed by atoms with E-state index in [9.17, 15) is 66.4 Å². The van der Waals surface area contributed by atoms with Gasteiger partial charge in [0.05, 0.1) is 41.2 Å². The van der Waals surface area contributed by atoms with Gasteiger partial charge >= 0.3 is 47.1 Å². The first-order chi connectivity index (χ1) is 35.5. The molecule has 1 aliphatic heterocycles. The van der Waals surface area contributed by atoms with Gasteiger partial charge in [0.2, 0.25) is 0 Å². The molecule has 4 aromatic rings. The van der Waals surface area contributed by atoms with Crippen molar-refractivity contribution in [2.24, 2.45) is 10.4 Å². The van der Waals surface area contributed by atoms with Crippen LogP contribution >= 0.6 is 23.2 Å². The second kappa shape index (κ2) is 23.8. The molecule has 0 saturated carbocycles. The van der Waals surface area contributed by atoms with Gasteiger partial charge in [0.25, 0.3) is 5.70 Å². The molecule has 0 radical (unpaired) electrons. The van der Waals surface area contributed by atoms with Crippen molar-refractivity contribution in [1.82, 2.24) is 14.8 Å². The molecule has 1 aromatic heterocycles. The topological polar surface area (TPSA) is 134 Å². The summed E-state index contributed by atoms with van der Waals surface area (Å²) in [7, 11) is 0. The minimum atomic E-state index is -8.07. The van der Waals surface area contributed by atoms with E-state index in [1.54, 1.807) is 12.1 Å². The largest absolute Gasteiger partial charge is 0.505 e. The summed E-state index contributed by atoms with van der Waals surface area (Å²) in [6.07, 6.45) is -3.29. The van der Waals surface area contributed by atoms with E-state index in [1.165, 1.54) is 24.3 Å². The van der Waals surface area contributed by atoms with Gasteiger partial charge in [-0.25, -0.2) is 19.5 Å². The highest BCUT2D eigenvalue weighted by Crippen LogP contribution is 2.61. The van der Waals surface area contributed by atoms with Gasteiger partial charge < -0.3 is 23.5 Å². The molecule has 12 nitrogen and oxygen atoms in total. The van der Waals surface area contributed by atoms with E-state index in [1.807, 2.05) is 6.07 Å². The highest BCUT2D eigenvalue weighted by molar-refractivity contribution is 7.82. The Labute approximate surface area is 446 Å². The molecular formula is C49H51Cl2F13N6O6S. The number of hydrogen-bond acceptors (Lipinski definition) is 9. The van der Waals surface area contributed by atoms with Crippen molar-refractivity contribution in [3.63, 3.8) is 0 Å². The number of nitrogens with one attached hydrogen (secondary N) is 1. The maximum atomic E-state index is 14.5. The quantitative estimate of drug-likeness (QED) is 0.0275. The lowest BCUT2D eigenvalue weighted by Gasteiger charge is -2.39. The van der Waals surface area contributed by atoms with Crippen LogP contribution < -0.4 is 13.6 Å². The summed E-state index contributed by atoms with van der Waals surface area (Å²) in [6.45, 7) is 17.7. The predicted molar refractivity (Wildman–Crippen MR) is 262 cm³/mol. The Morgan fingerprint density at radius 2 is 1.40 bits per heavy atom. The number of phenolic OH excluding ortho intramolecular Hbond substituents is 1. The van der Waals surface area contributed by atoms with Crippen LogP contribution in [0.3, 0.4) is 0 Å². The molecule has 0 saturated heterocycles. The number of allylic oxidation sites excluding steroid dienone is 1. The molecule has 2 heterocycles.